The van der Waals surface area contributed by atoms with Crippen LogP contribution in [-0.4, -0.2) is 38.5 Å². The molecule has 0 bridgehead atoms. The van der Waals surface area contributed by atoms with Crippen LogP contribution in [-0.2, 0) is 4.79 Å². The van der Waals surface area contributed by atoms with Gasteiger partial charge in [0, 0.05) is 11.6 Å². The Bertz CT molecular complexity index is 276. The Morgan fingerprint density at radius 3 is 2.27 bits per heavy atom. The molecule has 88 valence electrons. The molecule has 0 spiro atoms. The van der Waals surface area contributed by atoms with Crippen LogP contribution in [0.4, 0.5) is 0 Å². The molecule has 5 nitrogen and oxygen atoms in total. The Labute approximate surface area is 89.8 Å². The van der Waals surface area contributed by atoms with Gasteiger partial charge in [-0.25, -0.2) is 0 Å². The molecule has 0 radical (unpaired) electrons. The van der Waals surface area contributed by atoms with Crippen molar-refractivity contribution in [1.82, 2.24) is 5.06 Å². The van der Waals surface area contributed by atoms with E-state index in [4.69, 9.17) is 10.8 Å². The minimum absolute atomic E-state index is 0.434. The Kier molecular flexibility index (Phi) is 2.84. The summed E-state index contributed by atoms with van der Waals surface area (Å²) in [6.45, 7) is 7.11. The van der Waals surface area contributed by atoms with Crippen molar-refractivity contribution >= 4 is 5.97 Å². The van der Waals surface area contributed by atoms with Gasteiger partial charge < -0.3 is 16.0 Å². The van der Waals surface area contributed by atoms with Crippen molar-refractivity contribution in [2.45, 2.75) is 51.2 Å². The molecule has 2 atom stereocenters. The summed E-state index contributed by atoms with van der Waals surface area (Å²) < 4.78 is 0. The minimum atomic E-state index is -0.956. The first-order valence-corrected chi connectivity index (χ1v) is 5.08. The summed E-state index contributed by atoms with van der Waals surface area (Å²) in [6.07, 6.45) is 0.462. The average molecular weight is 216 g/mol. The van der Waals surface area contributed by atoms with Gasteiger partial charge in [-0.15, -0.1) is 0 Å². The topological polar surface area (TPSA) is 86.8 Å². The summed E-state index contributed by atoms with van der Waals surface area (Å²) in [4.78, 5) is 11.1. The van der Waals surface area contributed by atoms with Crippen LogP contribution in [0.25, 0.3) is 0 Å². The first-order chi connectivity index (χ1) is 6.60. The molecule has 0 aromatic heterocycles. The standard InChI is InChI=1S/C10H20N2O3/c1-9(2)5-6(11)7(8(13)14)10(3,4)12(9)15/h6-7,15H,5,11H2,1-4H3,(H,13,14). The van der Waals surface area contributed by atoms with Crippen molar-refractivity contribution in [1.29, 1.82) is 0 Å². The fourth-order valence-electron chi connectivity index (χ4n) is 2.70. The zero-order valence-electron chi connectivity index (χ0n) is 9.69. The number of hydroxylamine groups is 2. The fourth-order valence-corrected chi connectivity index (χ4v) is 2.70. The van der Waals surface area contributed by atoms with E-state index in [1.807, 2.05) is 13.8 Å². The molecule has 0 aliphatic carbocycles. The van der Waals surface area contributed by atoms with E-state index in [2.05, 4.69) is 0 Å². The molecule has 1 aliphatic heterocycles. The molecule has 1 fully saturated rings. The number of hydrogen-bond donors (Lipinski definition) is 3. The molecule has 0 saturated carbocycles. The molecule has 0 aromatic carbocycles. The molecule has 1 heterocycles. The smallest absolute Gasteiger partial charge is 0.310 e. The monoisotopic (exact) mass is 216 g/mol. The number of carbonyl (C=O) groups is 1. The van der Waals surface area contributed by atoms with Gasteiger partial charge >= 0.3 is 5.97 Å². The fraction of sp³-hybridized carbons (Fsp3) is 0.900. The van der Waals surface area contributed by atoms with Gasteiger partial charge in [-0.05, 0) is 34.1 Å². The van der Waals surface area contributed by atoms with Crippen molar-refractivity contribution in [2.24, 2.45) is 11.7 Å². The summed E-state index contributed by atoms with van der Waals surface area (Å²) in [5, 5.41) is 20.3. The molecule has 1 saturated heterocycles. The minimum Gasteiger partial charge on any atom is -0.481 e. The summed E-state index contributed by atoms with van der Waals surface area (Å²) in [7, 11) is 0. The molecule has 2 unspecified atom stereocenters. The van der Waals surface area contributed by atoms with Gasteiger partial charge in [-0.3, -0.25) is 4.79 Å². The Hall–Kier alpha value is -0.650. The molecular weight excluding hydrogens is 196 g/mol. The van der Waals surface area contributed by atoms with E-state index in [9.17, 15) is 10.0 Å². The number of nitrogens with two attached hydrogens (primary N) is 1. The number of carboxylic acid groups (broad SMARTS) is 1. The second-order valence-electron chi connectivity index (χ2n) is 5.46. The third-order valence-corrected chi connectivity index (χ3v) is 3.31. The quantitative estimate of drug-likeness (QED) is 0.599. The molecule has 5 heteroatoms. The van der Waals surface area contributed by atoms with E-state index in [-0.39, 0.29) is 0 Å². The number of rotatable bonds is 1. The van der Waals surface area contributed by atoms with Crippen LogP contribution in [0.1, 0.15) is 34.1 Å². The van der Waals surface area contributed by atoms with Gasteiger partial charge in [0.1, 0.15) is 0 Å². The first kappa shape index (κ1) is 12.4. The third kappa shape index (κ3) is 1.87. The summed E-state index contributed by atoms with van der Waals surface area (Å²) in [5.41, 5.74) is 4.53. The van der Waals surface area contributed by atoms with E-state index in [0.717, 1.165) is 5.06 Å². The second kappa shape index (κ2) is 3.43. The van der Waals surface area contributed by atoms with Crippen LogP contribution in [0.15, 0.2) is 0 Å². The zero-order chi connectivity index (χ0) is 12.0. The maximum Gasteiger partial charge on any atom is 0.310 e. The zero-order valence-corrected chi connectivity index (χ0v) is 9.69. The maximum absolute atomic E-state index is 11.1. The predicted molar refractivity (Wildman–Crippen MR) is 55.5 cm³/mol. The normalized spacial score (nSPS) is 35.1. The second-order valence-corrected chi connectivity index (χ2v) is 5.46. The average Bonchev–Trinajstić information content (AvgIpc) is 1.98. The van der Waals surface area contributed by atoms with Gasteiger partial charge in [0.25, 0.3) is 0 Å². The van der Waals surface area contributed by atoms with Crippen LogP contribution >= 0.6 is 0 Å². The Morgan fingerprint density at radius 1 is 1.40 bits per heavy atom. The molecule has 4 N–H and O–H groups in total. The predicted octanol–water partition coefficient (Wildman–Crippen LogP) is 0.667. The van der Waals surface area contributed by atoms with E-state index in [0.29, 0.717) is 6.42 Å². The number of piperidine rings is 1. The third-order valence-electron chi connectivity index (χ3n) is 3.31. The van der Waals surface area contributed by atoms with Crippen molar-refractivity contribution < 1.29 is 15.1 Å². The molecular formula is C10H20N2O3. The molecule has 1 rings (SSSR count). The van der Waals surface area contributed by atoms with Gasteiger partial charge in [-0.2, -0.15) is 5.06 Å². The van der Waals surface area contributed by atoms with Crippen LogP contribution in [0, 0.1) is 5.92 Å². The lowest BCUT2D eigenvalue weighted by Crippen LogP contribution is -2.68. The van der Waals surface area contributed by atoms with Crippen molar-refractivity contribution in [3.63, 3.8) is 0 Å². The largest absolute Gasteiger partial charge is 0.481 e. The lowest BCUT2D eigenvalue weighted by Gasteiger charge is -2.53. The summed E-state index contributed by atoms with van der Waals surface area (Å²) in [5.74, 6) is -1.71. The number of carboxylic acids is 1. The lowest BCUT2D eigenvalue weighted by atomic mass is 9.71. The summed E-state index contributed by atoms with van der Waals surface area (Å²) in [6, 6.07) is -0.434. The van der Waals surface area contributed by atoms with Gasteiger partial charge in [0.05, 0.1) is 11.5 Å². The van der Waals surface area contributed by atoms with Gasteiger partial charge in [0.2, 0.25) is 0 Å². The molecule has 0 aromatic rings. The highest BCUT2D eigenvalue weighted by atomic mass is 16.5. The van der Waals surface area contributed by atoms with E-state index in [1.165, 1.54) is 0 Å². The highest BCUT2D eigenvalue weighted by Crippen LogP contribution is 2.40. The molecule has 15 heavy (non-hydrogen) atoms. The van der Waals surface area contributed by atoms with Crippen molar-refractivity contribution in [3.8, 4) is 0 Å². The van der Waals surface area contributed by atoms with Crippen LogP contribution < -0.4 is 5.73 Å². The van der Waals surface area contributed by atoms with E-state index >= 15 is 0 Å². The van der Waals surface area contributed by atoms with Gasteiger partial charge in [-0.1, -0.05) is 0 Å². The maximum atomic E-state index is 11.1. The summed E-state index contributed by atoms with van der Waals surface area (Å²) >= 11 is 0. The van der Waals surface area contributed by atoms with Crippen LogP contribution in [0.5, 0.6) is 0 Å². The highest BCUT2D eigenvalue weighted by Gasteiger charge is 2.53. The first-order valence-electron chi connectivity index (χ1n) is 5.08. The SMILES string of the molecule is CC1(C)CC(N)C(C(=O)O)C(C)(C)N1O. The number of nitrogens with zero attached hydrogens (tertiary/aromatic N) is 1. The van der Waals surface area contributed by atoms with Crippen molar-refractivity contribution in [3.05, 3.63) is 0 Å². The molecule has 1 aliphatic rings. The number of aliphatic carboxylic acids is 1. The highest BCUT2D eigenvalue weighted by molar-refractivity contribution is 5.73. The van der Waals surface area contributed by atoms with Crippen LogP contribution in [0.2, 0.25) is 0 Å². The Balaban J connectivity index is 3.10. The molecule has 0 amide bonds. The van der Waals surface area contributed by atoms with Gasteiger partial charge in [0.15, 0.2) is 0 Å². The lowest BCUT2D eigenvalue weighted by molar-refractivity contribution is -0.262. The van der Waals surface area contributed by atoms with Crippen LogP contribution in [0.3, 0.4) is 0 Å². The number of hydrogen-bond acceptors (Lipinski definition) is 4. The van der Waals surface area contributed by atoms with E-state index in [1.54, 1.807) is 13.8 Å². The van der Waals surface area contributed by atoms with E-state index < -0.39 is 29.0 Å². The Morgan fingerprint density at radius 2 is 1.87 bits per heavy atom. The van der Waals surface area contributed by atoms with Crippen molar-refractivity contribution in [2.75, 3.05) is 0 Å².